The molecule has 2 aromatic carbocycles. The summed E-state index contributed by atoms with van der Waals surface area (Å²) < 4.78 is 14.0. The summed E-state index contributed by atoms with van der Waals surface area (Å²) in [7, 11) is 0. The molecule has 136 valence electrons. The fourth-order valence-corrected chi connectivity index (χ4v) is 3.26. The Morgan fingerprint density at radius 1 is 0.893 bits per heavy atom. The molecule has 0 saturated carbocycles. The van der Waals surface area contributed by atoms with Crippen molar-refractivity contribution in [3.8, 4) is 11.4 Å². The van der Waals surface area contributed by atoms with E-state index < -0.39 is 0 Å². The number of benzene rings is 2. The standard InChI is InChI=1S/C20H12ClFN6/c21-14-8-2-1-5-11(14)18-24-17-13(7-4-10-23-17)19(25-18)26-20-12-6-3-9-15(22)16(12)27-28-20/h1-10H,(H2,23,24,25,26,27,28). The van der Waals surface area contributed by atoms with Gasteiger partial charge in [0.25, 0.3) is 0 Å². The first kappa shape index (κ1) is 16.6. The second-order valence-corrected chi connectivity index (χ2v) is 6.52. The molecular formula is C20H12ClFN6. The molecule has 0 aliphatic heterocycles. The first-order valence-corrected chi connectivity index (χ1v) is 8.86. The van der Waals surface area contributed by atoms with Gasteiger partial charge in [-0.15, -0.1) is 0 Å². The maximum absolute atomic E-state index is 14.0. The number of aromatic amines is 1. The number of rotatable bonds is 3. The molecule has 0 aliphatic carbocycles. The highest BCUT2D eigenvalue weighted by atomic mass is 35.5. The highest BCUT2D eigenvalue weighted by Crippen LogP contribution is 2.31. The molecule has 0 atom stereocenters. The molecule has 0 unspecified atom stereocenters. The molecule has 0 amide bonds. The molecule has 2 N–H and O–H groups in total. The summed E-state index contributed by atoms with van der Waals surface area (Å²) in [5.41, 5.74) is 1.53. The Balaban J connectivity index is 1.70. The van der Waals surface area contributed by atoms with Crippen LogP contribution < -0.4 is 5.32 Å². The molecule has 0 bridgehead atoms. The maximum Gasteiger partial charge on any atom is 0.165 e. The minimum atomic E-state index is -0.371. The van der Waals surface area contributed by atoms with Crippen LogP contribution in [0.15, 0.2) is 60.8 Å². The smallest absolute Gasteiger partial charge is 0.165 e. The lowest BCUT2D eigenvalue weighted by atomic mass is 10.2. The number of nitrogens with zero attached hydrogens (tertiary/aromatic N) is 4. The Labute approximate surface area is 163 Å². The van der Waals surface area contributed by atoms with Gasteiger partial charge in [-0.1, -0.05) is 29.8 Å². The molecule has 0 fully saturated rings. The third-order valence-electron chi connectivity index (χ3n) is 4.37. The van der Waals surface area contributed by atoms with Crippen molar-refractivity contribution in [3.05, 3.63) is 71.6 Å². The molecule has 0 spiro atoms. The fourth-order valence-electron chi connectivity index (χ4n) is 3.04. The number of anilines is 2. The van der Waals surface area contributed by atoms with Gasteiger partial charge in [0, 0.05) is 17.1 Å². The van der Waals surface area contributed by atoms with E-state index in [9.17, 15) is 4.39 Å². The van der Waals surface area contributed by atoms with Gasteiger partial charge in [-0.3, -0.25) is 5.10 Å². The number of hydrogen-bond donors (Lipinski definition) is 2. The fraction of sp³-hybridized carbons (Fsp3) is 0. The third kappa shape index (κ3) is 2.73. The zero-order valence-electron chi connectivity index (χ0n) is 14.3. The van der Waals surface area contributed by atoms with Crippen molar-refractivity contribution < 1.29 is 4.39 Å². The van der Waals surface area contributed by atoms with Crippen LogP contribution in [0.25, 0.3) is 33.3 Å². The molecule has 8 heteroatoms. The molecule has 0 radical (unpaired) electrons. The average Bonchev–Trinajstić information content (AvgIpc) is 3.12. The Bertz CT molecular complexity index is 1330. The maximum atomic E-state index is 14.0. The van der Waals surface area contributed by atoms with Crippen molar-refractivity contribution in [2.45, 2.75) is 0 Å². The first-order valence-electron chi connectivity index (χ1n) is 8.48. The summed E-state index contributed by atoms with van der Waals surface area (Å²) in [6, 6.07) is 15.8. The highest BCUT2D eigenvalue weighted by Gasteiger charge is 2.15. The van der Waals surface area contributed by atoms with Crippen molar-refractivity contribution in [2.24, 2.45) is 0 Å². The van der Waals surface area contributed by atoms with Gasteiger partial charge in [-0.25, -0.2) is 19.3 Å². The Morgan fingerprint density at radius 3 is 2.64 bits per heavy atom. The number of halogens is 2. The summed E-state index contributed by atoms with van der Waals surface area (Å²) in [5.74, 6) is 1.03. The van der Waals surface area contributed by atoms with E-state index >= 15 is 0 Å². The number of pyridine rings is 1. The molecule has 0 saturated heterocycles. The van der Waals surface area contributed by atoms with E-state index in [0.29, 0.717) is 50.0 Å². The van der Waals surface area contributed by atoms with Crippen LogP contribution in [0, 0.1) is 5.82 Å². The number of nitrogens with one attached hydrogen (secondary N) is 2. The van der Waals surface area contributed by atoms with Gasteiger partial charge in [0.15, 0.2) is 17.3 Å². The van der Waals surface area contributed by atoms with Crippen LogP contribution >= 0.6 is 11.6 Å². The van der Waals surface area contributed by atoms with Gasteiger partial charge in [0.1, 0.15) is 17.2 Å². The molecule has 5 aromatic rings. The molecular weight excluding hydrogens is 379 g/mol. The van der Waals surface area contributed by atoms with E-state index in [-0.39, 0.29) is 5.82 Å². The zero-order chi connectivity index (χ0) is 19.1. The quantitative estimate of drug-likeness (QED) is 0.448. The van der Waals surface area contributed by atoms with Gasteiger partial charge < -0.3 is 5.32 Å². The first-order chi connectivity index (χ1) is 13.7. The van der Waals surface area contributed by atoms with Gasteiger partial charge >= 0.3 is 0 Å². The molecule has 3 aromatic heterocycles. The molecule has 0 aliphatic rings. The van der Waals surface area contributed by atoms with E-state index in [1.807, 2.05) is 24.3 Å². The van der Waals surface area contributed by atoms with E-state index in [1.54, 1.807) is 30.5 Å². The lowest BCUT2D eigenvalue weighted by Crippen LogP contribution is -2.01. The van der Waals surface area contributed by atoms with Crippen molar-refractivity contribution in [2.75, 3.05) is 5.32 Å². The zero-order valence-corrected chi connectivity index (χ0v) is 15.1. The van der Waals surface area contributed by atoms with Crippen LogP contribution in [-0.4, -0.2) is 25.1 Å². The van der Waals surface area contributed by atoms with Crippen LogP contribution in [0.5, 0.6) is 0 Å². The van der Waals surface area contributed by atoms with E-state index in [2.05, 4.69) is 30.5 Å². The molecule has 28 heavy (non-hydrogen) atoms. The Kier molecular flexibility index (Phi) is 3.87. The van der Waals surface area contributed by atoms with Gasteiger partial charge in [-0.2, -0.15) is 5.10 Å². The second-order valence-electron chi connectivity index (χ2n) is 6.11. The number of hydrogen-bond acceptors (Lipinski definition) is 5. The summed E-state index contributed by atoms with van der Waals surface area (Å²) in [6.45, 7) is 0. The van der Waals surface area contributed by atoms with Crippen molar-refractivity contribution >= 4 is 45.2 Å². The topological polar surface area (TPSA) is 79.4 Å². The van der Waals surface area contributed by atoms with Crippen LogP contribution in [0.4, 0.5) is 16.0 Å². The predicted molar refractivity (Wildman–Crippen MR) is 107 cm³/mol. The summed E-state index contributed by atoms with van der Waals surface area (Å²) in [5, 5.41) is 12.0. The van der Waals surface area contributed by atoms with Gasteiger partial charge in [0.2, 0.25) is 0 Å². The van der Waals surface area contributed by atoms with Crippen molar-refractivity contribution in [1.82, 2.24) is 25.1 Å². The van der Waals surface area contributed by atoms with Crippen molar-refractivity contribution in [3.63, 3.8) is 0 Å². The number of H-pyrrole nitrogens is 1. The Morgan fingerprint density at radius 2 is 1.75 bits per heavy atom. The normalized spacial score (nSPS) is 11.2. The number of fused-ring (bicyclic) bond motifs is 2. The van der Waals surface area contributed by atoms with Crippen LogP contribution in [-0.2, 0) is 0 Å². The van der Waals surface area contributed by atoms with Crippen LogP contribution in [0.2, 0.25) is 5.02 Å². The molecule has 5 rings (SSSR count). The summed E-state index contributed by atoms with van der Waals surface area (Å²) in [4.78, 5) is 13.5. The lowest BCUT2D eigenvalue weighted by Gasteiger charge is -2.10. The van der Waals surface area contributed by atoms with E-state index in [0.717, 1.165) is 0 Å². The van der Waals surface area contributed by atoms with Crippen LogP contribution in [0.1, 0.15) is 0 Å². The minimum Gasteiger partial charge on any atom is -0.322 e. The van der Waals surface area contributed by atoms with Crippen LogP contribution in [0.3, 0.4) is 0 Å². The minimum absolute atomic E-state index is 0.327. The third-order valence-corrected chi connectivity index (χ3v) is 4.70. The SMILES string of the molecule is Fc1cccc2c(Nc3nc(-c4ccccc4Cl)nc4ncccc34)n[nH]c12. The van der Waals surface area contributed by atoms with Crippen molar-refractivity contribution in [1.29, 1.82) is 0 Å². The monoisotopic (exact) mass is 390 g/mol. The number of para-hydroxylation sites is 1. The van der Waals surface area contributed by atoms with Gasteiger partial charge in [-0.05, 0) is 36.4 Å². The molecule has 6 nitrogen and oxygen atoms in total. The summed E-state index contributed by atoms with van der Waals surface area (Å²) in [6.07, 6.45) is 1.66. The highest BCUT2D eigenvalue weighted by molar-refractivity contribution is 6.33. The lowest BCUT2D eigenvalue weighted by molar-refractivity contribution is 0.636. The average molecular weight is 391 g/mol. The van der Waals surface area contributed by atoms with E-state index in [1.165, 1.54) is 6.07 Å². The van der Waals surface area contributed by atoms with Gasteiger partial charge in [0.05, 0.1) is 10.4 Å². The predicted octanol–water partition coefficient (Wildman–Crippen LogP) is 5.10. The molecule has 3 heterocycles. The second kappa shape index (κ2) is 6.54. The Hall–Kier alpha value is -3.58. The number of aromatic nitrogens is 5. The summed E-state index contributed by atoms with van der Waals surface area (Å²) >= 11 is 6.32. The largest absolute Gasteiger partial charge is 0.322 e. The van der Waals surface area contributed by atoms with E-state index in [4.69, 9.17) is 11.6 Å².